The Kier molecular flexibility index (Phi) is 2.74. The standard InChI is InChI=1S/C10H5F3N2S/c11-6-2-1-5(3-7(6)12)9-8(13)10(16)15-4-14-9/h1-4H,(H,14,15,16). The summed E-state index contributed by atoms with van der Waals surface area (Å²) in [5.41, 5.74) is 0.156. The molecule has 0 radical (unpaired) electrons. The Morgan fingerprint density at radius 2 is 1.88 bits per heavy atom. The van der Waals surface area contributed by atoms with Crippen molar-refractivity contribution in [1.29, 1.82) is 0 Å². The summed E-state index contributed by atoms with van der Waals surface area (Å²) in [5, 5.41) is 0. The molecule has 0 atom stereocenters. The van der Waals surface area contributed by atoms with Gasteiger partial charge in [0.1, 0.15) is 0 Å². The molecule has 0 saturated carbocycles. The number of rotatable bonds is 1. The molecule has 16 heavy (non-hydrogen) atoms. The van der Waals surface area contributed by atoms with Gasteiger partial charge in [-0.25, -0.2) is 18.2 Å². The van der Waals surface area contributed by atoms with Crippen LogP contribution in [0.4, 0.5) is 13.2 Å². The second-order valence-electron chi connectivity index (χ2n) is 3.03. The van der Waals surface area contributed by atoms with E-state index in [1.165, 1.54) is 12.4 Å². The van der Waals surface area contributed by atoms with Crippen molar-refractivity contribution in [3.05, 3.63) is 46.6 Å². The molecule has 1 heterocycles. The van der Waals surface area contributed by atoms with Gasteiger partial charge >= 0.3 is 0 Å². The summed E-state index contributed by atoms with van der Waals surface area (Å²) in [6.45, 7) is 0. The summed E-state index contributed by atoms with van der Waals surface area (Å²) < 4.78 is 38.9. The van der Waals surface area contributed by atoms with Gasteiger partial charge in [0, 0.05) is 5.56 Å². The van der Waals surface area contributed by atoms with E-state index in [1.54, 1.807) is 0 Å². The molecule has 0 aliphatic carbocycles. The van der Waals surface area contributed by atoms with Gasteiger partial charge in [-0.1, -0.05) is 12.2 Å². The Labute approximate surface area is 93.8 Å². The average Bonchev–Trinajstić information content (AvgIpc) is 2.26. The summed E-state index contributed by atoms with van der Waals surface area (Å²) in [4.78, 5) is 6.02. The summed E-state index contributed by atoms with van der Waals surface area (Å²) in [6, 6.07) is 3.06. The number of nitrogens with one attached hydrogen (secondary N) is 1. The van der Waals surface area contributed by atoms with Crippen LogP contribution in [0.1, 0.15) is 0 Å². The third kappa shape index (κ3) is 1.83. The maximum atomic E-state index is 13.5. The number of hydrogen-bond donors (Lipinski definition) is 1. The van der Waals surface area contributed by atoms with Crippen LogP contribution in [0.15, 0.2) is 24.5 Å². The quantitative estimate of drug-likeness (QED) is 0.778. The molecule has 0 aliphatic rings. The summed E-state index contributed by atoms with van der Waals surface area (Å²) in [7, 11) is 0. The van der Waals surface area contributed by atoms with E-state index in [0.717, 1.165) is 12.1 Å². The van der Waals surface area contributed by atoms with E-state index in [9.17, 15) is 13.2 Å². The molecule has 1 N–H and O–H groups in total. The number of nitrogens with zero attached hydrogens (tertiary/aromatic N) is 1. The second-order valence-corrected chi connectivity index (χ2v) is 3.41. The largest absolute Gasteiger partial charge is 0.343 e. The van der Waals surface area contributed by atoms with Gasteiger partial charge in [0.05, 0.1) is 12.0 Å². The van der Waals surface area contributed by atoms with Crippen LogP contribution >= 0.6 is 12.2 Å². The van der Waals surface area contributed by atoms with Crippen molar-refractivity contribution in [3.8, 4) is 11.3 Å². The number of halogens is 3. The van der Waals surface area contributed by atoms with Crippen LogP contribution in [-0.4, -0.2) is 9.97 Å². The highest BCUT2D eigenvalue weighted by molar-refractivity contribution is 7.71. The molecule has 1 aromatic carbocycles. The molecule has 0 amide bonds. The first kappa shape index (κ1) is 10.8. The van der Waals surface area contributed by atoms with Crippen LogP contribution < -0.4 is 0 Å². The van der Waals surface area contributed by atoms with Gasteiger partial charge in [-0.3, -0.25) is 0 Å². The smallest absolute Gasteiger partial charge is 0.183 e. The Hall–Kier alpha value is -1.69. The lowest BCUT2D eigenvalue weighted by Crippen LogP contribution is -1.94. The highest BCUT2D eigenvalue weighted by atomic mass is 32.1. The molecule has 0 aliphatic heterocycles. The highest BCUT2D eigenvalue weighted by Crippen LogP contribution is 2.21. The van der Waals surface area contributed by atoms with E-state index in [4.69, 9.17) is 0 Å². The normalized spacial score (nSPS) is 10.4. The van der Waals surface area contributed by atoms with Crippen LogP contribution in [0, 0.1) is 22.1 Å². The summed E-state index contributed by atoms with van der Waals surface area (Å²) in [5.74, 6) is -2.80. The van der Waals surface area contributed by atoms with Crippen molar-refractivity contribution in [2.24, 2.45) is 0 Å². The maximum absolute atomic E-state index is 13.5. The van der Waals surface area contributed by atoms with Gasteiger partial charge in [0.15, 0.2) is 22.1 Å². The lowest BCUT2D eigenvalue weighted by Gasteiger charge is -2.03. The van der Waals surface area contributed by atoms with Crippen molar-refractivity contribution in [2.75, 3.05) is 0 Å². The van der Waals surface area contributed by atoms with Crippen molar-refractivity contribution < 1.29 is 13.2 Å². The summed E-state index contributed by atoms with van der Waals surface area (Å²) in [6.07, 6.45) is 1.20. The number of hydrogen-bond acceptors (Lipinski definition) is 2. The minimum absolute atomic E-state index is 0.0149. The zero-order valence-electron chi connectivity index (χ0n) is 7.80. The number of benzene rings is 1. The maximum Gasteiger partial charge on any atom is 0.183 e. The number of aromatic nitrogens is 2. The first-order valence-electron chi connectivity index (χ1n) is 4.28. The van der Waals surface area contributed by atoms with Crippen molar-refractivity contribution in [3.63, 3.8) is 0 Å². The second kappa shape index (κ2) is 4.05. The van der Waals surface area contributed by atoms with E-state index in [0.29, 0.717) is 0 Å². The van der Waals surface area contributed by atoms with Crippen LogP contribution in [0.5, 0.6) is 0 Å². The van der Waals surface area contributed by atoms with Gasteiger partial charge in [-0.15, -0.1) is 0 Å². The van der Waals surface area contributed by atoms with E-state index in [1.807, 2.05) is 0 Å². The molecule has 82 valence electrons. The van der Waals surface area contributed by atoms with Crippen molar-refractivity contribution in [1.82, 2.24) is 9.97 Å². The van der Waals surface area contributed by atoms with Crippen molar-refractivity contribution in [2.45, 2.75) is 0 Å². The number of aromatic amines is 1. The Morgan fingerprint density at radius 1 is 1.12 bits per heavy atom. The predicted molar refractivity (Wildman–Crippen MR) is 54.7 cm³/mol. The third-order valence-electron chi connectivity index (χ3n) is 2.01. The average molecular weight is 242 g/mol. The van der Waals surface area contributed by atoms with Crippen LogP contribution in [-0.2, 0) is 0 Å². The Morgan fingerprint density at radius 3 is 2.56 bits per heavy atom. The highest BCUT2D eigenvalue weighted by Gasteiger charge is 2.10. The summed E-state index contributed by atoms with van der Waals surface area (Å²) >= 11 is 4.63. The molecule has 0 saturated heterocycles. The van der Waals surface area contributed by atoms with Gasteiger partial charge in [-0.05, 0) is 18.2 Å². The molecule has 2 rings (SSSR count). The van der Waals surface area contributed by atoms with Gasteiger partial charge < -0.3 is 4.98 Å². The van der Waals surface area contributed by atoms with Gasteiger partial charge in [0.2, 0.25) is 0 Å². The van der Waals surface area contributed by atoms with Crippen molar-refractivity contribution >= 4 is 12.2 Å². The minimum atomic E-state index is -1.05. The Balaban J connectivity index is 2.63. The SMILES string of the molecule is Fc1ccc(-c2[nH]cnc(=S)c2F)cc1F. The molecule has 6 heteroatoms. The molecule has 2 nitrogen and oxygen atoms in total. The predicted octanol–water partition coefficient (Wildman–Crippen LogP) is 3.22. The first-order chi connectivity index (χ1) is 7.59. The zero-order chi connectivity index (χ0) is 11.7. The molecular weight excluding hydrogens is 237 g/mol. The van der Waals surface area contributed by atoms with E-state index in [-0.39, 0.29) is 15.9 Å². The van der Waals surface area contributed by atoms with Crippen LogP contribution in [0.2, 0.25) is 0 Å². The van der Waals surface area contributed by atoms with Gasteiger partial charge in [-0.2, -0.15) is 0 Å². The molecular formula is C10H5F3N2S. The fourth-order valence-electron chi connectivity index (χ4n) is 1.24. The van der Waals surface area contributed by atoms with Crippen LogP contribution in [0.3, 0.4) is 0 Å². The molecule has 0 bridgehead atoms. The molecule has 0 spiro atoms. The van der Waals surface area contributed by atoms with Gasteiger partial charge in [0.25, 0.3) is 0 Å². The minimum Gasteiger partial charge on any atom is -0.343 e. The van der Waals surface area contributed by atoms with E-state index >= 15 is 0 Å². The zero-order valence-corrected chi connectivity index (χ0v) is 8.62. The molecule has 0 fully saturated rings. The van der Waals surface area contributed by atoms with E-state index in [2.05, 4.69) is 22.2 Å². The molecule has 0 unspecified atom stereocenters. The molecule has 2 aromatic rings. The topological polar surface area (TPSA) is 28.7 Å². The van der Waals surface area contributed by atoms with Crippen LogP contribution in [0.25, 0.3) is 11.3 Å². The van der Waals surface area contributed by atoms with E-state index < -0.39 is 17.5 Å². The lowest BCUT2D eigenvalue weighted by atomic mass is 10.1. The first-order valence-corrected chi connectivity index (χ1v) is 4.69. The fraction of sp³-hybridized carbons (Fsp3) is 0. The number of H-pyrrole nitrogens is 1. The molecule has 1 aromatic heterocycles. The third-order valence-corrected chi connectivity index (χ3v) is 2.29. The monoisotopic (exact) mass is 242 g/mol. The fourth-order valence-corrected chi connectivity index (χ4v) is 1.40. The Bertz CT molecular complexity index is 595. The lowest BCUT2D eigenvalue weighted by molar-refractivity contribution is 0.509.